The lowest BCUT2D eigenvalue weighted by molar-refractivity contribution is 1.01. The maximum Gasteiger partial charge on any atom is 0.253 e. The molecule has 0 fully saturated rings. The highest BCUT2D eigenvalue weighted by atomic mass is 32.1. The highest BCUT2D eigenvalue weighted by Crippen LogP contribution is 2.26. The number of hydrogen-bond donors (Lipinski definition) is 2. The molecule has 3 heterocycles. The van der Waals surface area contributed by atoms with Gasteiger partial charge in [0.25, 0.3) is 5.78 Å². The third-order valence-corrected chi connectivity index (χ3v) is 4.82. The summed E-state index contributed by atoms with van der Waals surface area (Å²) in [5.74, 6) is 1.14. The Morgan fingerprint density at radius 3 is 2.96 bits per heavy atom. The third kappa shape index (κ3) is 2.39. The summed E-state index contributed by atoms with van der Waals surface area (Å²) in [7, 11) is 0. The van der Waals surface area contributed by atoms with Gasteiger partial charge in [-0.2, -0.15) is 10.2 Å². The second kappa shape index (κ2) is 5.68. The monoisotopic (exact) mass is 357 g/mol. The lowest BCUT2D eigenvalue weighted by Crippen LogP contribution is -1.94. The fraction of sp³-hybridized carbons (Fsp3) is 0. The average molecular weight is 357 g/mol. The molecule has 0 bridgehead atoms. The minimum absolute atomic E-state index is 0.563. The van der Waals surface area contributed by atoms with Crippen molar-refractivity contribution in [2.45, 2.75) is 0 Å². The zero-order valence-electron chi connectivity index (χ0n) is 13.3. The molecule has 0 unspecified atom stereocenters. The van der Waals surface area contributed by atoms with Crippen molar-refractivity contribution in [3.63, 3.8) is 0 Å². The SMILES string of the molecule is N#Cc1cccc(Nc2nc3nc4cc(-c5nccs5)ccc4n3[nH]2)c1. The normalized spacial score (nSPS) is 11.0. The molecule has 2 aromatic carbocycles. The number of benzene rings is 2. The molecule has 5 rings (SSSR count). The molecule has 5 aromatic rings. The first-order valence-electron chi connectivity index (χ1n) is 7.85. The van der Waals surface area contributed by atoms with Gasteiger partial charge in [0.05, 0.1) is 22.7 Å². The molecule has 8 heteroatoms. The summed E-state index contributed by atoms with van der Waals surface area (Å²) < 4.78 is 1.83. The number of aromatic nitrogens is 5. The Hall–Kier alpha value is -3.70. The number of hydrogen-bond acceptors (Lipinski definition) is 6. The topological polar surface area (TPSA) is 94.7 Å². The first kappa shape index (κ1) is 14.6. The molecular formula is C18H11N7S. The average Bonchev–Trinajstić information content (AvgIpc) is 3.37. The van der Waals surface area contributed by atoms with E-state index in [1.54, 1.807) is 29.7 Å². The fourth-order valence-corrected chi connectivity index (χ4v) is 3.48. The van der Waals surface area contributed by atoms with Gasteiger partial charge in [0.15, 0.2) is 0 Å². The molecule has 124 valence electrons. The molecule has 0 amide bonds. The number of aromatic amines is 1. The van der Waals surface area contributed by atoms with Gasteiger partial charge in [0, 0.05) is 22.8 Å². The van der Waals surface area contributed by atoms with E-state index in [-0.39, 0.29) is 0 Å². The van der Waals surface area contributed by atoms with Crippen LogP contribution in [-0.2, 0) is 0 Å². The number of nitriles is 1. The van der Waals surface area contributed by atoms with Crippen molar-refractivity contribution in [3.05, 3.63) is 59.6 Å². The highest BCUT2D eigenvalue weighted by Gasteiger charge is 2.11. The second-order valence-corrected chi connectivity index (χ2v) is 6.57. The molecule has 0 spiro atoms. The Kier molecular flexibility index (Phi) is 3.20. The van der Waals surface area contributed by atoms with Crippen molar-refractivity contribution in [2.75, 3.05) is 5.32 Å². The molecule has 0 saturated heterocycles. The van der Waals surface area contributed by atoms with Gasteiger partial charge in [-0.1, -0.05) is 6.07 Å². The summed E-state index contributed by atoms with van der Waals surface area (Å²) in [6, 6.07) is 15.4. The van der Waals surface area contributed by atoms with Gasteiger partial charge in [-0.25, -0.2) is 14.5 Å². The number of rotatable bonds is 3. The minimum Gasteiger partial charge on any atom is -0.325 e. The Morgan fingerprint density at radius 2 is 2.12 bits per heavy atom. The Balaban J connectivity index is 1.53. The number of H-pyrrole nitrogens is 1. The van der Waals surface area contributed by atoms with Crippen molar-refractivity contribution in [1.82, 2.24) is 24.6 Å². The molecule has 3 aromatic heterocycles. The maximum absolute atomic E-state index is 9.00. The van der Waals surface area contributed by atoms with Gasteiger partial charge in [-0.15, -0.1) is 11.3 Å². The lowest BCUT2D eigenvalue weighted by atomic mass is 10.2. The second-order valence-electron chi connectivity index (χ2n) is 5.68. The predicted octanol–water partition coefficient (Wildman–Crippen LogP) is 3.95. The van der Waals surface area contributed by atoms with Crippen LogP contribution in [0.1, 0.15) is 5.56 Å². The zero-order chi connectivity index (χ0) is 17.5. The summed E-state index contributed by atoms with van der Waals surface area (Å²) >= 11 is 1.60. The molecule has 0 radical (unpaired) electrons. The number of imidazole rings is 1. The quantitative estimate of drug-likeness (QED) is 0.510. The van der Waals surface area contributed by atoms with Crippen LogP contribution in [0.25, 0.3) is 27.4 Å². The van der Waals surface area contributed by atoms with E-state index in [0.717, 1.165) is 27.3 Å². The van der Waals surface area contributed by atoms with Gasteiger partial charge in [0.2, 0.25) is 5.95 Å². The number of thiazole rings is 1. The molecule has 0 aliphatic rings. The van der Waals surface area contributed by atoms with Crippen LogP contribution in [0, 0.1) is 11.3 Å². The van der Waals surface area contributed by atoms with Gasteiger partial charge < -0.3 is 5.32 Å². The van der Waals surface area contributed by atoms with E-state index in [2.05, 4.69) is 31.4 Å². The van der Waals surface area contributed by atoms with Crippen LogP contribution < -0.4 is 5.32 Å². The van der Waals surface area contributed by atoms with E-state index in [0.29, 0.717) is 17.3 Å². The summed E-state index contributed by atoms with van der Waals surface area (Å²) in [5.41, 5.74) is 4.21. The summed E-state index contributed by atoms with van der Waals surface area (Å²) in [6.07, 6.45) is 1.79. The van der Waals surface area contributed by atoms with Crippen LogP contribution in [-0.4, -0.2) is 24.6 Å². The third-order valence-electron chi connectivity index (χ3n) is 4.00. The lowest BCUT2D eigenvalue weighted by Gasteiger charge is -2.02. The molecule has 2 N–H and O–H groups in total. The van der Waals surface area contributed by atoms with Crippen LogP contribution in [0.4, 0.5) is 11.6 Å². The van der Waals surface area contributed by atoms with Crippen molar-refractivity contribution in [2.24, 2.45) is 0 Å². The van der Waals surface area contributed by atoms with E-state index in [4.69, 9.17) is 5.26 Å². The van der Waals surface area contributed by atoms with Gasteiger partial charge in [0.1, 0.15) is 5.01 Å². The number of anilines is 2. The molecule has 0 aliphatic heterocycles. The molecular weight excluding hydrogens is 346 g/mol. The van der Waals surface area contributed by atoms with E-state index >= 15 is 0 Å². The van der Waals surface area contributed by atoms with Crippen LogP contribution in [0.5, 0.6) is 0 Å². The largest absolute Gasteiger partial charge is 0.325 e. The Morgan fingerprint density at radius 1 is 1.15 bits per heavy atom. The zero-order valence-corrected chi connectivity index (χ0v) is 14.2. The van der Waals surface area contributed by atoms with E-state index in [9.17, 15) is 0 Å². The van der Waals surface area contributed by atoms with Crippen molar-refractivity contribution in [3.8, 4) is 16.6 Å². The number of fused-ring (bicyclic) bond motifs is 3. The van der Waals surface area contributed by atoms with Crippen LogP contribution in [0.2, 0.25) is 0 Å². The molecule has 0 aliphatic carbocycles. The van der Waals surface area contributed by atoms with Gasteiger partial charge in [-0.3, -0.25) is 5.10 Å². The van der Waals surface area contributed by atoms with E-state index in [1.165, 1.54) is 0 Å². The maximum atomic E-state index is 9.00. The van der Waals surface area contributed by atoms with Crippen molar-refractivity contribution >= 4 is 39.8 Å². The number of nitrogens with zero attached hydrogens (tertiary/aromatic N) is 5. The first-order chi connectivity index (χ1) is 12.8. The first-order valence-corrected chi connectivity index (χ1v) is 8.73. The molecule has 0 atom stereocenters. The van der Waals surface area contributed by atoms with E-state index in [1.807, 2.05) is 40.2 Å². The van der Waals surface area contributed by atoms with E-state index < -0.39 is 0 Å². The van der Waals surface area contributed by atoms with Gasteiger partial charge in [-0.05, 0) is 36.4 Å². The molecule has 0 saturated carbocycles. The van der Waals surface area contributed by atoms with Crippen molar-refractivity contribution in [1.29, 1.82) is 5.26 Å². The van der Waals surface area contributed by atoms with Crippen molar-refractivity contribution < 1.29 is 0 Å². The van der Waals surface area contributed by atoms with Gasteiger partial charge >= 0.3 is 0 Å². The minimum atomic E-state index is 0.563. The predicted molar refractivity (Wildman–Crippen MR) is 100 cm³/mol. The molecule has 26 heavy (non-hydrogen) atoms. The van der Waals surface area contributed by atoms with Crippen LogP contribution >= 0.6 is 11.3 Å². The highest BCUT2D eigenvalue weighted by molar-refractivity contribution is 7.13. The standard InChI is InChI=1S/C18H11N7S/c19-10-11-2-1-3-13(8-11)21-17-23-18-22-14-9-12(16-20-6-7-26-16)4-5-15(14)25(18)24-17/h1-9H,(H2,21,22,23,24). The fourth-order valence-electron chi connectivity index (χ4n) is 2.84. The summed E-state index contributed by atoms with van der Waals surface area (Å²) in [4.78, 5) is 13.4. The summed E-state index contributed by atoms with van der Waals surface area (Å²) in [5, 5.41) is 18.3. The summed E-state index contributed by atoms with van der Waals surface area (Å²) in [6.45, 7) is 0. The Bertz CT molecular complexity index is 1270. The van der Waals surface area contributed by atoms with Crippen LogP contribution in [0.3, 0.4) is 0 Å². The van der Waals surface area contributed by atoms with Crippen LogP contribution in [0.15, 0.2) is 54.0 Å². The molecule has 7 nitrogen and oxygen atoms in total. The Labute approximate surface area is 151 Å². The smallest absolute Gasteiger partial charge is 0.253 e. The number of nitrogens with one attached hydrogen (secondary N) is 2.